The van der Waals surface area contributed by atoms with Gasteiger partial charge in [0.25, 0.3) is 0 Å². The van der Waals surface area contributed by atoms with Crippen LogP contribution in [0.5, 0.6) is 0 Å². The molecule has 0 aliphatic heterocycles. The maximum Gasteiger partial charge on any atom is 0.187 e. The summed E-state index contributed by atoms with van der Waals surface area (Å²) in [5.74, 6) is -1.31. The molecule has 0 amide bonds. The molecule has 1 rings (SSSR count). The maximum absolute atomic E-state index is 13.4. The first-order chi connectivity index (χ1) is 8.10. The number of ether oxygens (including phenoxy) is 2. The van der Waals surface area contributed by atoms with Crippen molar-refractivity contribution in [3.05, 3.63) is 35.4 Å². The second kappa shape index (κ2) is 6.64. The third-order valence-corrected chi connectivity index (χ3v) is 2.20. The van der Waals surface area contributed by atoms with Crippen molar-refractivity contribution in [3.63, 3.8) is 0 Å². The van der Waals surface area contributed by atoms with Crippen molar-refractivity contribution in [1.82, 2.24) is 0 Å². The predicted molar refractivity (Wildman–Crippen MR) is 58.4 cm³/mol. The lowest BCUT2D eigenvalue weighted by molar-refractivity contribution is -0.192. The molecule has 96 valence electrons. The molecule has 0 bridgehead atoms. The van der Waals surface area contributed by atoms with Gasteiger partial charge in [-0.15, -0.1) is 0 Å². The van der Waals surface area contributed by atoms with Gasteiger partial charge in [-0.3, -0.25) is 0 Å². The molecule has 5 heteroatoms. The first-order valence-electron chi connectivity index (χ1n) is 5.46. The molecule has 0 saturated heterocycles. The molecule has 0 fully saturated rings. The van der Waals surface area contributed by atoms with Gasteiger partial charge in [0.2, 0.25) is 0 Å². The Kier molecular flexibility index (Phi) is 5.47. The van der Waals surface area contributed by atoms with Crippen LogP contribution in [0.3, 0.4) is 0 Å². The minimum atomic E-state index is -1.36. The van der Waals surface area contributed by atoms with E-state index in [2.05, 4.69) is 0 Å². The van der Waals surface area contributed by atoms with Crippen LogP contribution in [-0.2, 0) is 9.47 Å². The summed E-state index contributed by atoms with van der Waals surface area (Å²) in [4.78, 5) is 0. The van der Waals surface area contributed by atoms with Gasteiger partial charge in [0.1, 0.15) is 17.7 Å². The van der Waals surface area contributed by atoms with Gasteiger partial charge in [-0.1, -0.05) is 0 Å². The van der Waals surface area contributed by atoms with Crippen LogP contribution in [0, 0.1) is 11.6 Å². The standard InChI is InChI=1S/C12H16F2O3/c1-3-16-12(17-4-2)11(15)9-7-8(13)5-6-10(9)14/h5-7,11-12,15H,3-4H2,1-2H3. The van der Waals surface area contributed by atoms with E-state index in [-0.39, 0.29) is 5.56 Å². The third-order valence-electron chi connectivity index (χ3n) is 2.20. The summed E-state index contributed by atoms with van der Waals surface area (Å²) in [6, 6.07) is 2.88. The Morgan fingerprint density at radius 2 is 1.76 bits per heavy atom. The monoisotopic (exact) mass is 246 g/mol. The van der Waals surface area contributed by atoms with E-state index >= 15 is 0 Å². The lowest BCUT2D eigenvalue weighted by Gasteiger charge is -2.23. The lowest BCUT2D eigenvalue weighted by atomic mass is 10.1. The lowest BCUT2D eigenvalue weighted by Crippen LogP contribution is -2.26. The Morgan fingerprint density at radius 1 is 1.18 bits per heavy atom. The molecule has 0 aromatic heterocycles. The van der Waals surface area contributed by atoms with E-state index in [1.165, 1.54) is 0 Å². The van der Waals surface area contributed by atoms with Gasteiger partial charge in [0.05, 0.1) is 0 Å². The topological polar surface area (TPSA) is 38.7 Å². The van der Waals surface area contributed by atoms with Crippen LogP contribution < -0.4 is 0 Å². The second-order valence-electron chi connectivity index (χ2n) is 3.39. The van der Waals surface area contributed by atoms with E-state index in [9.17, 15) is 13.9 Å². The first-order valence-corrected chi connectivity index (χ1v) is 5.46. The van der Waals surface area contributed by atoms with Gasteiger partial charge in [0.15, 0.2) is 6.29 Å². The molecular weight excluding hydrogens is 230 g/mol. The number of aliphatic hydroxyl groups is 1. The predicted octanol–water partition coefficient (Wildman–Crippen LogP) is 2.40. The fraction of sp³-hybridized carbons (Fsp3) is 0.500. The number of benzene rings is 1. The van der Waals surface area contributed by atoms with Crippen LogP contribution in [0.15, 0.2) is 18.2 Å². The Hall–Kier alpha value is -1.04. The van der Waals surface area contributed by atoms with Crippen LogP contribution in [0.2, 0.25) is 0 Å². The highest BCUT2D eigenvalue weighted by molar-refractivity contribution is 5.21. The number of hydrogen-bond donors (Lipinski definition) is 1. The van der Waals surface area contributed by atoms with E-state index < -0.39 is 24.0 Å². The fourth-order valence-electron chi connectivity index (χ4n) is 1.45. The zero-order chi connectivity index (χ0) is 12.8. The van der Waals surface area contributed by atoms with Crippen molar-refractivity contribution in [2.75, 3.05) is 13.2 Å². The zero-order valence-electron chi connectivity index (χ0n) is 9.82. The smallest absolute Gasteiger partial charge is 0.187 e. The normalized spacial score (nSPS) is 13.1. The summed E-state index contributed by atoms with van der Waals surface area (Å²) in [5.41, 5.74) is -0.170. The minimum Gasteiger partial charge on any atom is -0.383 e. The molecule has 0 radical (unpaired) electrons. The Balaban J connectivity index is 2.91. The number of hydrogen-bond acceptors (Lipinski definition) is 3. The molecule has 0 aliphatic rings. The molecule has 1 atom stereocenters. The maximum atomic E-state index is 13.4. The van der Waals surface area contributed by atoms with Crippen molar-refractivity contribution < 1.29 is 23.4 Å². The van der Waals surface area contributed by atoms with E-state index in [1.807, 2.05) is 0 Å². The van der Waals surface area contributed by atoms with Gasteiger partial charge in [-0.2, -0.15) is 0 Å². The average Bonchev–Trinajstić information content (AvgIpc) is 2.31. The van der Waals surface area contributed by atoms with Crippen molar-refractivity contribution in [1.29, 1.82) is 0 Å². The molecule has 3 nitrogen and oxygen atoms in total. The number of aliphatic hydroxyl groups excluding tert-OH is 1. The number of halogens is 2. The molecule has 1 aromatic rings. The quantitative estimate of drug-likeness (QED) is 0.783. The van der Waals surface area contributed by atoms with Gasteiger partial charge >= 0.3 is 0 Å². The van der Waals surface area contributed by atoms with Gasteiger partial charge < -0.3 is 14.6 Å². The van der Waals surface area contributed by atoms with Gasteiger partial charge in [-0.25, -0.2) is 8.78 Å². The molecule has 0 saturated carbocycles. The first kappa shape index (κ1) is 14.0. The van der Waals surface area contributed by atoms with Crippen LogP contribution in [0.25, 0.3) is 0 Å². The summed E-state index contributed by atoms with van der Waals surface area (Å²) in [6.45, 7) is 4.05. The molecule has 1 N–H and O–H groups in total. The number of rotatable bonds is 6. The second-order valence-corrected chi connectivity index (χ2v) is 3.39. The highest BCUT2D eigenvalue weighted by Crippen LogP contribution is 2.23. The molecule has 0 aliphatic carbocycles. The van der Waals surface area contributed by atoms with Crippen molar-refractivity contribution in [3.8, 4) is 0 Å². The summed E-state index contributed by atoms with van der Waals surface area (Å²) < 4.78 is 36.7. The van der Waals surface area contributed by atoms with Crippen LogP contribution in [-0.4, -0.2) is 24.6 Å². The van der Waals surface area contributed by atoms with Gasteiger partial charge in [0, 0.05) is 18.8 Å². The molecular formula is C12H16F2O3. The molecule has 17 heavy (non-hydrogen) atoms. The minimum absolute atomic E-state index is 0.170. The average molecular weight is 246 g/mol. The van der Waals surface area contributed by atoms with E-state index in [0.29, 0.717) is 13.2 Å². The Labute approximate surface area is 99.0 Å². The molecule has 0 spiro atoms. The molecule has 0 heterocycles. The largest absolute Gasteiger partial charge is 0.383 e. The fourth-order valence-corrected chi connectivity index (χ4v) is 1.45. The highest BCUT2D eigenvalue weighted by Gasteiger charge is 2.24. The van der Waals surface area contributed by atoms with Crippen molar-refractivity contribution in [2.24, 2.45) is 0 Å². The van der Waals surface area contributed by atoms with E-state index in [0.717, 1.165) is 18.2 Å². The van der Waals surface area contributed by atoms with E-state index in [4.69, 9.17) is 9.47 Å². The van der Waals surface area contributed by atoms with Crippen molar-refractivity contribution >= 4 is 0 Å². The van der Waals surface area contributed by atoms with Gasteiger partial charge in [-0.05, 0) is 32.0 Å². The third kappa shape index (κ3) is 3.73. The van der Waals surface area contributed by atoms with Crippen molar-refractivity contribution in [2.45, 2.75) is 26.2 Å². The SMILES string of the molecule is CCOC(OCC)C(O)c1cc(F)ccc1F. The van der Waals surface area contributed by atoms with Crippen LogP contribution in [0.4, 0.5) is 8.78 Å². The molecule has 1 aromatic carbocycles. The van der Waals surface area contributed by atoms with E-state index in [1.54, 1.807) is 13.8 Å². The summed E-state index contributed by atoms with van der Waals surface area (Å²) in [6.07, 6.45) is -2.35. The van der Waals surface area contributed by atoms with Crippen LogP contribution >= 0.6 is 0 Å². The Morgan fingerprint density at radius 3 is 2.29 bits per heavy atom. The summed E-state index contributed by atoms with van der Waals surface area (Å²) in [5, 5.41) is 9.89. The Bertz CT molecular complexity index is 352. The highest BCUT2D eigenvalue weighted by atomic mass is 19.1. The van der Waals surface area contributed by atoms with Crippen LogP contribution in [0.1, 0.15) is 25.5 Å². The summed E-state index contributed by atoms with van der Waals surface area (Å²) >= 11 is 0. The molecule has 1 unspecified atom stereocenters. The summed E-state index contributed by atoms with van der Waals surface area (Å²) in [7, 11) is 0. The zero-order valence-corrected chi connectivity index (χ0v) is 9.82.